The van der Waals surface area contributed by atoms with Crippen LogP contribution in [0.15, 0.2) is 0 Å². The lowest BCUT2D eigenvalue weighted by Crippen LogP contribution is -2.53. The molecule has 0 amide bonds. The van der Waals surface area contributed by atoms with Crippen molar-refractivity contribution in [3.8, 4) is 0 Å². The van der Waals surface area contributed by atoms with Crippen molar-refractivity contribution >= 4 is 0 Å². The Kier molecular flexibility index (Phi) is 2.61. The summed E-state index contributed by atoms with van der Waals surface area (Å²) in [6, 6.07) is 0.868. The fourth-order valence-corrected chi connectivity index (χ4v) is 2.71. The van der Waals surface area contributed by atoms with Gasteiger partial charge in [-0.15, -0.1) is 0 Å². The Labute approximate surface area is 81.7 Å². The Bertz CT molecular complexity index is 169. The highest BCUT2D eigenvalue weighted by Gasteiger charge is 2.41. The van der Waals surface area contributed by atoms with Gasteiger partial charge in [0, 0.05) is 19.1 Å². The predicted octanol–water partition coefficient (Wildman–Crippen LogP) is 1.47. The lowest BCUT2D eigenvalue weighted by atomic mass is 9.66. The summed E-state index contributed by atoms with van der Waals surface area (Å²) >= 11 is 0. The monoisotopic (exact) mass is 182 g/mol. The summed E-state index contributed by atoms with van der Waals surface area (Å²) < 4.78 is 0. The maximum atomic E-state index is 3.47. The molecule has 1 aliphatic carbocycles. The standard InChI is InChI=1S/C11H22N2/c1-11(2)5-4-10(11)13-8-3-6-12-7-9-13/h10,12H,3-9H2,1-2H3. The molecule has 1 unspecified atom stereocenters. The Morgan fingerprint density at radius 1 is 1.23 bits per heavy atom. The molecule has 2 rings (SSSR count). The van der Waals surface area contributed by atoms with E-state index in [2.05, 4.69) is 24.1 Å². The fourth-order valence-electron chi connectivity index (χ4n) is 2.71. The predicted molar refractivity (Wildman–Crippen MR) is 55.9 cm³/mol. The van der Waals surface area contributed by atoms with E-state index in [9.17, 15) is 0 Å². The van der Waals surface area contributed by atoms with Crippen LogP contribution in [-0.2, 0) is 0 Å². The van der Waals surface area contributed by atoms with Crippen LogP contribution in [0.2, 0.25) is 0 Å². The SMILES string of the molecule is CC1(C)CCC1N1CCCNCC1. The van der Waals surface area contributed by atoms with Crippen molar-refractivity contribution in [2.45, 2.75) is 39.2 Å². The molecule has 0 aromatic carbocycles. The first-order chi connectivity index (χ1) is 6.20. The minimum absolute atomic E-state index is 0.588. The second kappa shape index (κ2) is 3.58. The fraction of sp³-hybridized carbons (Fsp3) is 1.00. The number of hydrogen-bond acceptors (Lipinski definition) is 2. The summed E-state index contributed by atoms with van der Waals surface area (Å²) in [6.45, 7) is 9.80. The van der Waals surface area contributed by atoms with Gasteiger partial charge in [-0.3, -0.25) is 4.90 Å². The van der Waals surface area contributed by atoms with Crippen molar-refractivity contribution in [3.63, 3.8) is 0 Å². The van der Waals surface area contributed by atoms with Crippen LogP contribution in [-0.4, -0.2) is 37.1 Å². The van der Waals surface area contributed by atoms with E-state index >= 15 is 0 Å². The molecule has 76 valence electrons. The number of rotatable bonds is 1. The third-order valence-corrected chi connectivity index (χ3v) is 3.78. The van der Waals surface area contributed by atoms with E-state index in [0.717, 1.165) is 6.04 Å². The van der Waals surface area contributed by atoms with E-state index in [1.165, 1.54) is 45.4 Å². The summed E-state index contributed by atoms with van der Waals surface area (Å²) in [5.74, 6) is 0. The van der Waals surface area contributed by atoms with Gasteiger partial charge in [-0.1, -0.05) is 13.8 Å². The minimum atomic E-state index is 0.588. The van der Waals surface area contributed by atoms with E-state index in [4.69, 9.17) is 0 Å². The van der Waals surface area contributed by atoms with Gasteiger partial charge in [0.25, 0.3) is 0 Å². The van der Waals surface area contributed by atoms with E-state index in [-0.39, 0.29) is 0 Å². The largest absolute Gasteiger partial charge is 0.315 e. The molecule has 2 fully saturated rings. The highest BCUT2D eigenvalue weighted by atomic mass is 15.2. The zero-order chi connectivity index (χ0) is 9.31. The maximum absolute atomic E-state index is 3.47. The normalized spacial score (nSPS) is 35.1. The van der Waals surface area contributed by atoms with Gasteiger partial charge in [-0.05, 0) is 37.8 Å². The zero-order valence-electron chi connectivity index (χ0n) is 8.97. The Morgan fingerprint density at radius 3 is 2.69 bits per heavy atom. The maximum Gasteiger partial charge on any atom is 0.0147 e. The van der Waals surface area contributed by atoms with Crippen LogP contribution in [0.3, 0.4) is 0 Å². The molecule has 2 heteroatoms. The van der Waals surface area contributed by atoms with Crippen molar-refractivity contribution in [2.75, 3.05) is 26.2 Å². The molecule has 2 nitrogen and oxygen atoms in total. The molecule has 0 aromatic rings. The lowest BCUT2D eigenvalue weighted by molar-refractivity contribution is 0.00381. The Morgan fingerprint density at radius 2 is 2.08 bits per heavy atom. The second-order valence-electron chi connectivity index (χ2n) is 5.18. The first kappa shape index (κ1) is 9.47. The minimum Gasteiger partial charge on any atom is -0.315 e. The molecular formula is C11H22N2. The first-order valence-electron chi connectivity index (χ1n) is 5.65. The number of hydrogen-bond donors (Lipinski definition) is 1. The number of nitrogens with one attached hydrogen (secondary N) is 1. The average molecular weight is 182 g/mol. The molecule has 0 radical (unpaired) electrons. The molecule has 13 heavy (non-hydrogen) atoms. The molecule has 1 heterocycles. The highest BCUT2D eigenvalue weighted by molar-refractivity contribution is 4.96. The van der Waals surface area contributed by atoms with E-state index in [1.54, 1.807) is 0 Å². The molecule has 0 bridgehead atoms. The summed E-state index contributed by atoms with van der Waals surface area (Å²) in [4.78, 5) is 2.70. The molecule has 1 saturated heterocycles. The average Bonchev–Trinajstić information content (AvgIpc) is 2.31. The molecule has 1 N–H and O–H groups in total. The van der Waals surface area contributed by atoms with Crippen LogP contribution in [0.4, 0.5) is 0 Å². The Hall–Kier alpha value is -0.0800. The van der Waals surface area contributed by atoms with Gasteiger partial charge in [-0.25, -0.2) is 0 Å². The van der Waals surface area contributed by atoms with Crippen LogP contribution in [0.25, 0.3) is 0 Å². The van der Waals surface area contributed by atoms with Crippen LogP contribution in [0, 0.1) is 5.41 Å². The van der Waals surface area contributed by atoms with Crippen molar-refractivity contribution in [2.24, 2.45) is 5.41 Å². The molecule has 1 atom stereocenters. The third-order valence-electron chi connectivity index (χ3n) is 3.78. The van der Waals surface area contributed by atoms with Crippen molar-refractivity contribution in [1.82, 2.24) is 10.2 Å². The molecule has 1 saturated carbocycles. The molecule has 2 aliphatic rings. The first-order valence-corrected chi connectivity index (χ1v) is 5.65. The van der Waals surface area contributed by atoms with E-state index in [1.807, 2.05) is 0 Å². The number of nitrogens with zero attached hydrogens (tertiary/aromatic N) is 1. The molecule has 0 aromatic heterocycles. The van der Waals surface area contributed by atoms with Crippen LogP contribution in [0.1, 0.15) is 33.1 Å². The quantitative estimate of drug-likeness (QED) is 0.660. The summed E-state index contributed by atoms with van der Waals surface area (Å²) in [5.41, 5.74) is 0.588. The summed E-state index contributed by atoms with van der Waals surface area (Å²) in [5, 5.41) is 3.47. The zero-order valence-corrected chi connectivity index (χ0v) is 8.97. The van der Waals surface area contributed by atoms with Crippen LogP contribution >= 0.6 is 0 Å². The van der Waals surface area contributed by atoms with Gasteiger partial charge in [0.2, 0.25) is 0 Å². The van der Waals surface area contributed by atoms with E-state index in [0.29, 0.717) is 5.41 Å². The van der Waals surface area contributed by atoms with Crippen LogP contribution < -0.4 is 5.32 Å². The molecular weight excluding hydrogens is 160 g/mol. The summed E-state index contributed by atoms with van der Waals surface area (Å²) in [6.07, 6.45) is 4.17. The van der Waals surface area contributed by atoms with Crippen LogP contribution in [0.5, 0.6) is 0 Å². The second-order valence-corrected chi connectivity index (χ2v) is 5.18. The third kappa shape index (κ3) is 1.89. The van der Waals surface area contributed by atoms with Crippen molar-refractivity contribution < 1.29 is 0 Å². The topological polar surface area (TPSA) is 15.3 Å². The lowest BCUT2D eigenvalue weighted by Gasteiger charge is -2.50. The van der Waals surface area contributed by atoms with E-state index < -0.39 is 0 Å². The van der Waals surface area contributed by atoms with Gasteiger partial charge >= 0.3 is 0 Å². The van der Waals surface area contributed by atoms with Crippen molar-refractivity contribution in [3.05, 3.63) is 0 Å². The van der Waals surface area contributed by atoms with Gasteiger partial charge in [-0.2, -0.15) is 0 Å². The molecule has 1 aliphatic heterocycles. The van der Waals surface area contributed by atoms with Crippen molar-refractivity contribution in [1.29, 1.82) is 0 Å². The summed E-state index contributed by atoms with van der Waals surface area (Å²) in [7, 11) is 0. The van der Waals surface area contributed by atoms with Gasteiger partial charge < -0.3 is 5.32 Å². The molecule has 0 spiro atoms. The smallest absolute Gasteiger partial charge is 0.0147 e. The van der Waals surface area contributed by atoms with Gasteiger partial charge in [0.05, 0.1) is 0 Å². The Balaban J connectivity index is 1.91. The highest BCUT2D eigenvalue weighted by Crippen LogP contribution is 2.43. The van der Waals surface area contributed by atoms with Gasteiger partial charge in [0.1, 0.15) is 0 Å². The van der Waals surface area contributed by atoms with Gasteiger partial charge in [0.15, 0.2) is 0 Å².